The van der Waals surface area contributed by atoms with Gasteiger partial charge in [-0.15, -0.1) is 20.4 Å². The van der Waals surface area contributed by atoms with Crippen molar-refractivity contribution in [3.63, 3.8) is 0 Å². The summed E-state index contributed by atoms with van der Waals surface area (Å²) >= 11 is 4.63. The highest BCUT2D eigenvalue weighted by atomic mass is 32.2. The molecule has 12 heteroatoms. The van der Waals surface area contributed by atoms with E-state index in [1.54, 1.807) is 31.0 Å². The van der Waals surface area contributed by atoms with Gasteiger partial charge in [0.1, 0.15) is 5.75 Å². The molecule has 0 aliphatic carbocycles. The number of hydrogen-bond acceptors (Lipinski definition) is 11. The molecule has 4 rings (SSSR count). The maximum Gasteiger partial charge on any atom is 0.269 e. The molecule has 0 saturated carbocycles. The predicted octanol–water partition coefficient (Wildman–Crippen LogP) is 5.65. The summed E-state index contributed by atoms with van der Waals surface area (Å²) in [5.74, 6) is 2.39. The van der Waals surface area contributed by atoms with Gasteiger partial charge in [-0.3, -0.25) is 10.1 Å². The van der Waals surface area contributed by atoms with Crippen molar-refractivity contribution < 1.29 is 14.1 Å². The normalized spacial score (nSPS) is 11.9. The minimum atomic E-state index is -0.451. The van der Waals surface area contributed by atoms with E-state index >= 15 is 0 Å². The number of benzene rings is 2. The SMILES string of the molecule is COc1ccc(CSc2nnc(SC(C)c3nnc(-c4ccc([N+](=O)[O-])cc4)o3)s2)cc1. The van der Waals surface area contributed by atoms with Crippen molar-refractivity contribution in [2.45, 2.75) is 26.6 Å². The van der Waals surface area contributed by atoms with Gasteiger partial charge < -0.3 is 9.15 Å². The van der Waals surface area contributed by atoms with Crippen LogP contribution in [0.3, 0.4) is 0 Å². The molecule has 9 nitrogen and oxygen atoms in total. The minimum absolute atomic E-state index is 0.00865. The van der Waals surface area contributed by atoms with E-state index in [9.17, 15) is 10.1 Å². The van der Waals surface area contributed by atoms with Crippen LogP contribution in [0, 0.1) is 10.1 Å². The Kier molecular flexibility index (Phi) is 7.02. The van der Waals surface area contributed by atoms with E-state index in [0.29, 0.717) is 17.3 Å². The lowest BCUT2D eigenvalue weighted by molar-refractivity contribution is -0.384. The molecule has 0 spiro atoms. The van der Waals surface area contributed by atoms with E-state index in [0.717, 1.165) is 20.2 Å². The predicted molar refractivity (Wildman–Crippen MR) is 123 cm³/mol. The molecule has 2 aromatic carbocycles. The van der Waals surface area contributed by atoms with E-state index in [2.05, 4.69) is 20.4 Å². The lowest BCUT2D eigenvalue weighted by Gasteiger charge is -2.02. The molecule has 32 heavy (non-hydrogen) atoms. The molecule has 0 fully saturated rings. The molecule has 1 unspecified atom stereocenters. The van der Waals surface area contributed by atoms with E-state index in [-0.39, 0.29) is 10.9 Å². The van der Waals surface area contributed by atoms with Gasteiger partial charge in [-0.1, -0.05) is 47.0 Å². The van der Waals surface area contributed by atoms with Gasteiger partial charge in [0.25, 0.3) is 5.69 Å². The smallest absolute Gasteiger partial charge is 0.269 e. The maximum absolute atomic E-state index is 10.8. The highest BCUT2D eigenvalue weighted by Gasteiger charge is 2.19. The van der Waals surface area contributed by atoms with Crippen LogP contribution in [0.2, 0.25) is 0 Å². The third kappa shape index (κ3) is 5.44. The van der Waals surface area contributed by atoms with Crippen molar-refractivity contribution in [1.29, 1.82) is 0 Å². The van der Waals surface area contributed by atoms with Gasteiger partial charge in [-0.2, -0.15) is 0 Å². The average molecular weight is 488 g/mol. The topological polar surface area (TPSA) is 117 Å². The van der Waals surface area contributed by atoms with Crippen LogP contribution in [0.25, 0.3) is 11.5 Å². The summed E-state index contributed by atoms with van der Waals surface area (Å²) in [5, 5.41) is 27.3. The van der Waals surface area contributed by atoms with E-state index in [4.69, 9.17) is 9.15 Å². The van der Waals surface area contributed by atoms with E-state index in [1.807, 2.05) is 31.2 Å². The minimum Gasteiger partial charge on any atom is -0.497 e. The Morgan fingerprint density at radius 3 is 2.47 bits per heavy atom. The van der Waals surface area contributed by atoms with Crippen molar-refractivity contribution in [3.8, 4) is 17.2 Å². The molecule has 0 radical (unpaired) electrons. The van der Waals surface area contributed by atoms with Crippen LogP contribution in [0.1, 0.15) is 23.6 Å². The van der Waals surface area contributed by atoms with Crippen LogP contribution in [0.5, 0.6) is 5.75 Å². The summed E-state index contributed by atoms with van der Waals surface area (Å²) in [6, 6.07) is 13.9. The number of nitro groups is 1. The zero-order chi connectivity index (χ0) is 22.5. The first-order valence-corrected chi connectivity index (χ1v) is 12.0. The molecule has 1 atom stereocenters. The molecule has 2 heterocycles. The van der Waals surface area contributed by atoms with Crippen molar-refractivity contribution in [3.05, 3.63) is 70.1 Å². The zero-order valence-corrected chi connectivity index (χ0v) is 19.4. The fourth-order valence-corrected chi connectivity index (χ4v) is 5.76. The highest BCUT2D eigenvalue weighted by molar-refractivity contribution is 8.03. The van der Waals surface area contributed by atoms with E-state index in [1.165, 1.54) is 40.8 Å². The molecule has 2 aromatic heterocycles. The Hall–Kier alpha value is -2.96. The van der Waals surface area contributed by atoms with Crippen LogP contribution in [0.15, 0.2) is 61.6 Å². The lowest BCUT2D eigenvalue weighted by Crippen LogP contribution is -1.88. The molecule has 0 bridgehead atoms. The monoisotopic (exact) mass is 487 g/mol. The standard InChI is InChI=1S/C20H17N5O4S3/c1-12(17-21-22-18(29-17)14-5-7-15(8-6-14)25(26)27)31-20-24-23-19(32-20)30-11-13-3-9-16(28-2)10-4-13/h3-10,12H,11H2,1-2H3. The van der Waals surface area contributed by atoms with E-state index < -0.39 is 4.92 Å². The Morgan fingerprint density at radius 2 is 1.78 bits per heavy atom. The molecule has 0 aliphatic rings. The van der Waals surface area contributed by atoms with Crippen LogP contribution in [-0.2, 0) is 5.75 Å². The molecule has 0 aliphatic heterocycles. The molecule has 164 valence electrons. The number of ether oxygens (including phenoxy) is 1. The summed E-state index contributed by atoms with van der Waals surface area (Å²) in [6.07, 6.45) is 0. The molecular formula is C20H17N5O4S3. The first kappa shape index (κ1) is 22.2. The number of nitrogens with zero attached hydrogens (tertiary/aromatic N) is 5. The van der Waals surface area contributed by atoms with Crippen LogP contribution in [0.4, 0.5) is 5.69 Å². The number of hydrogen-bond donors (Lipinski definition) is 0. The Labute approximate surface area is 195 Å². The second-order valence-corrected chi connectivity index (χ2v) is 10.3. The zero-order valence-electron chi connectivity index (χ0n) is 17.0. The lowest BCUT2D eigenvalue weighted by atomic mass is 10.2. The second kappa shape index (κ2) is 10.1. The molecule has 0 N–H and O–H groups in total. The summed E-state index contributed by atoms with van der Waals surface area (Å²) < 4.78 is 12.6. The van der Waals surface area contributed by atoms with Gasteiger partial charge in [-0.25, -0.2) is 0 Å². The number of rotatable bonds is 9. The quantitative estimate of drug-likeness (QED) is 0.166. The molecule has 4 aromatic rings. The third-order valence-electron chi connectivity index (χ3n) is 4.30. The van der Waals surface area contributed by atoms with Crippen molar-refractivity contribution in [2.75, 3.05) is 7.11 Å². The number of thioether (sulfide) groups is 2. The first-order chi connectivity index (χ1) is 15.5. The van der Waals surface area contributed by atoms with Gasteiger partial charge in [0, 0.05) is 23.4 Å². The van der Waals surface area contributed by atoms with Gasteiger partial charge in [0.15, 0.2) is 8.68 Å². The van der Waals surface area contributed by atoms with Crippen LogP contribution in [-0.4, -0.2) is 32.4 Å². The Morgan fingerprint density at radius 1 is 1.06 bits per heavy atom. The highest BCUT2D eigenvalue weighted by Crippen LogP contribution is 2.39. The molecular weight excluding hydrogens is 470 g/mol. The Balaban J connectivity index is 1.34. The van der Waals surface area contributed by atoms with Crippen molar-refractivity contribution in [1.82, 2.24) is 20.4 Å². The van der Waals surface area contributed by atoms with Crippen molar-refractivity contribution in [2.24, 2.45) is 0 Å². The number of methoxy groups -OCH3 is 1. The van der Waals surface area contributed by atoms with Crippen molar-refractivity contribution >= 4 is 40.5 Å². The largest absolute Gasteiger partial charge is 0.497 e. The van der Waals surface area contributed by atoms with Crippen LogP contribution < -0.4 is 4.74 Å². The Bertz CT molecular complexity index is 1190. The first-order valence-electron chi connectivity index (χ1n) is 9.36. The van der Waals surface area contributed by atoms with Crippen LogP contribution >= 0.6 is 34.9 Å². The fourth-order valence-electron chi connectivity index (χ4n) is 2.61. The number of nitro benzene ring substituents is 1. The second-order valence-electron chi connectivity index (χ2n) is 6.48. The molecule has 0 amide bonds. The number of aromatic nitrogens is 4. The summed E-state index contributed by atoms with van der Waals surface area (Å²) in [6.45, 7) is 1.95. The van der Waals surface area contributed by atoms with Gasteiger partial charge in [-0.05, 0) is 36.8 Å². The summed E-state index contributed by atoms with van der Waals surface area (Å²) in [5.41, 5.74) is 1.81. The molecule has 0 saturated heterocycles. The summed E-state index contributed by atoms with van der Waals surface area (Å²) in [4.78, 5) is 10.3. The van der Waals surface area contributed by atoms with Gasteiger partial charge >= 0.3 is 0 Å². The fraction of sp³-hybridized carbons (Fsp3) is 0.200. The van der Waals surface area contributed by atoms with Gasteiger partial charge in [0.2, 0.25) is 11.8 Å². The summed E-state index contributed by atoms with van der Waals surface area (Å²) in [7, 11) is 1.65. The number of non-ortho nitro benzene ring substituents is 1. The third-order valence-corrected chi connectivity index (χ3v) is 7.60. The van der Waals surface area contributed by atoms with Gasteiger partial charge in [0.05, 0.1) is 17.3 Å². The average Bonchev–Trinajstić information content (AvgIpc) is 3.48. The maximum atomic E-state index is 10.8.